The molecule has 5 heteroatoms. The molecule has 0 saturated carbocycles. The van der Waals surface area contributed by atoms with Gasteiger partial charge in [0.25, 0.3) is 0 Å². The molecule has 0 spiro atoms. The highest BCUT2D eigenvalue weighted by Gasteiger charge is 2.04. The molecule has 0 saturated heterocycles. The summed E-state index contributed by atoms with van der Waals surface area (Å²) >= 11 is 0. The summed E-state index contributed by atoms with van der Waals surface area (Å²) in [5.41, 5.74) is 0. The van der Waals surface area contributed by atoms with Gasteiger partial charge in [-0.25, -0.2) is 19.6 Å². The van der Waals surface area contributed by atoms with Gasteiger partial charge < -0.3 is 0 Å². The monoisotopic (exact) mass is 165 g/mol. The van der Waals surface area contributed by atoms with E-state index in [1.807, 2.05) is 6.07 Å². The first kappa shape index (κ1) is 10.2. The van der Waals surface area contributed by atoms with Gasteiger partial charge in [-0.05, 0) is 6.42 Å². The maximum absolute atomic E-state index is 9.67. The van der Waals surface area contributed by atoms with Crippen molar-refractivity contribution in [2.75, 3.05) is 13.1 Å². The molecule has 0 heterocycles. The Labute approximate surface area is 69.4 Å². The van der Waals surface area contributed by atoms with Crippen molar-refractivity contribution in [2.45, 2.75) is 6.42 Å². The van der Waals surface area contributed by atoms with Crippen LogP contribution in [0.25, 0.3) is 0 Å². The second kappa shape index (κ2) is 7.36. The van der Waals surface area contributed by atoms with Crippen LogP contribution in [0.1, 0.15) is 6.42 Å². The summed E-state index contributed by atoms with van der Waals surface area (Å²) in [5, 5.41) is 8.47. The van der Waals surface area contributed by atoms with Crippen LogP contribution in [0.2, 0.25) is 0 Å². The van der Waals surface area contributed by atoms with E-state index in [-0.39, 0.29) is 19.0 Å². The van der Waals surface area contributed by atoms with Gasteiger partial charge in [0.2, 0.25) is 12.2 Å². The zero-order valence-electron chi connectivity index (χ0n) is 6.36. The Bertz CT molecular complexity index is 256. The third kappa shape index (κ3) is 5.07. The zero-order chi connectivity index (χ0) is 9.23. The first-order valence-electron chi connectivity index (χ1n) is 3.32. The minimum atomic E-state index is -0.372. The van der Waals surface area contributed by atoms with Gasteiger partial charge >= 0.3 is 0 Å². The van der Waals surface area contributed by atoms with Crippen LogP contribution < -0.4 is 0 Å². The van der Waals surface area contributed by atoms with Gasteiger partial charge in [-0.1, -0.05) is 0 Å². The summed E-state index contributed by atoms with van der Waals surface area (Å²) in [6.45, 7) is 0.366. The van der Waals surface area contributed by atoms with E-state index >= 15 is 0 Å². The van der Waals surface area contributed by atoms with Crippen LogP contribution in [0.3, 0.4) is 0 Å². The smallest absolute Gasteiger partial charge is 0.211 e. The quantitative estimate of drug-likeness (QED) is 0.430. The van der Waals surface area contributed by atoms with Crippen LogP contribution >= 0.6 is 0 Å². The largest absolute Gasteiger partial charge is 0.234 e. The molecule has 0 aromatic rings. The first-order chi connectivity index (χ1) is 5.85. The molecule has 0 rings (SSSR count). The van der Waals surface area contributed by atoms with Crippen LogP contribution in [0.4, 0.5) is 0 Å². The van der Waals surface area contributed by atoms with E-state index in [2.05, 4.69) is 9.98 Å². The van der Waals surface area contributed by atoms with Gasteiger partial charge in [-0.3, -0.25) is 0 Å². The standard InChI is InChI=1S/C7H7N3O2/c8-3-7(4-10-6-12)1-2-9-5-11/h7H,1-2,4H2. The van der Waals surface area contributed by atoms with Crippen molar-refractivity contribution in [3.05, 3.63) is 0 Å². The summed E-state index contributed by atoms with van der Waals surface area (Å²) in [4.78, 5) is 25.8. The number of rotatable bonds is 5. The van der Waals surface area contributed by atoms with E-state index in [1.54, 1.807) is 0 Å². The number of hydrogen-bond donors (Lipinski definition) is 0. The van der Waals surface area contributed by atoms with E-state index in [0.717, 1.165) is 0 Å². The Morgan fingerprint density at radius 2 is 1.92 bits per heavy atom. The van der Waals surface area contributed by atoms with E-state index < -0.39 is 0 Å². The average Bonchev–Trinajstić information content (AvgIpc) is 2.11. The van der Waals surface area contributed by atoms with E-state index in [1.165, 1.54) is 12.2 Å². The molecule has 0 bridgehead atoms. The lowest BCUT2D eigenvalue weighted by Crippen LogP contribution is -2.03. The van der Waals surface area contributed by atoms with Crippen molar-refractivity contribution in [2.24, 2.45) is 15.9 Å². The summed E-state index contributed by atoms with van der Waals surface area (Å²) in [6, 6.07) is 1.93. The average molecular weight is 165 g/mol. The summed E-state index contributed by atoms with van der Waals surface area (Å²) in [7, 11) is 0. The minimum Gasteiger partial charge on any atom is -0.211 e. The molecular formula is C7H7N3O2. The van der Waals surface area contributed by atoms with Crippen LogP contribution in [0.5, 0.6) is 0 Å². The SMILES string of the molecule is N#CC(CCN=C=O)CN=C=O. The van der Waals surface area contributed by atoms with E-state index in [0.29, 0.717) is 6.42 Å². The summed E-state index contributed by atoms with van der Waals surface area (Å²) in [6.07, 6.45) is 3.11. The molecule has 0 aromatic heterocycles. The van der Waals surface area contributed by atoms with Gasteiger partial charge in [-0.2, -0.15) is 5.26 Å². The van der Waals surface area contributed by atoms with E-state index in [4.69, 9.17) is 5.26 Å². The minimum absolute atomic E-state index is 0.119. The lowest BCUT2D eigenvalue weighted by molar-refractivity contribution is 0.552. The third-order valence-electron chi connectivity index (χ3n) is 1.21. The van der Waals surface area contributed by atoms with Crippen LogP contribution in [0, 0.1) is 17.2 Å². The predicted octanol–water partition coefficient (Wildman–Crippen LogP) is 0.188. The van der Waals surface area contributed by atoms with Crippen molar-refractivity contribution >= 4 is 12.2 Å². The fraction of sp³-hybridized carbons (Fsp3) is 0.571. The van der Waals surface area contributed by atoms with Gasteiger partial charge in [0.05, 0.1) is 25.1 Å². The Morgan fingerprint density at radius 1 is 1.25 bits per heavy atom. The second-order valence-electron chi connectivity index (χ2n) is 2.02. The first-order valence-corrected chi connectivity index (χ1v) is 3.32. The molecule has 0 fully saturated rings. The lowest BCUT2D eigenvalue weighted by atomic mass is 10.1. The van der Waals surface area contributed by atoms with Crippen LogP contribution in [0.15, 0.2) is 9.98 Å². The Hall–Kier alpha value is -1.75. The highest BCUT2D eigenvalue weighted by Crippen LogP contribution is 2.01. The molecular weight excluding hydrogens is 158 g/mol. The highest BCUT2D eigenvalue weighted by molar-refractivity contribution is 5.33. The van der Waals surface area contributed by atoms with Gasteiger partial charge in [-0.15, -0.1) is 0 Å². The Kier molecular flexibility index (Phi) is 6.29. The number of hydrogen-bond acceptors (Lipinski definition) is 5. The second-order valence-corrected chi connectivity index (χ2v) is 2.02. The molecule has 62 valence electrons. The highest BCUT2D eigenvalue weighted by atomic mass is 16.1. The van der Waals surface area contributed by atoms with Crippen molar-refractivity contribution in [3.8, 4) is 6.07 Å². The molecule has 0 aliphatic heterocycles. The normalized spacial score (nSPS) is 10.2. The summed E-state index contributed by atoms with van der Waals surface area (Å²) < 4.78 is 0. The number of nitrogens with zero attached hydrogens (tertiary/aromatic N) is 3. The molecule has 0 aliphatic rings. The Morgan fingerprint density at radius 3 is 2.42 bits per heavy atom. The maximum Gasteiger partial charge on any atom is 0.234 e. The molecule has 0 aromatic carbocycles. The molecule has 12 heavy (non-hydrogen) atoms. The molecule has 0 N–H and O–H groups in total. The van der Waals surface area contributed by atoms with Gasteiger partial charge in [0.15, 0.2) is 0 Å². The molecule has 1 atom stereocenters. The molecule has 1 unspecified atom stereocenters. The topological polar surface area (TPSA) is 82.7 Å². The molecule has 0 amide bonds. The summed E-state index contributed by atoms with van der Waals surface area (Å²) in [5.74, 6) is -0.372. The number of carbonyl (C=O) groups excluding carboxylic acids is 2. The van der Waals surface area contributed by atoms with Crippen molar-refractivity contribution in [3.63, 3.8) is 0 Å². The fourth-order valence-corrected chi connectivity index (χ4v) is 0.610. The molecule has 0 aliphatic carbocycles. The maximum atomic E-state index is 9.67. The van der Waals surface area contributed by atoms with Gasteiger partial charge in [0.1, 0.15) is 0 Å². The Balaban J connectivity index is 3.76. The van der Waals surface area contributed by atoms with Crippen molar-refractivity contribution in [1.29, 1.82) is 5.26 Å². The number of nitriles is 1. The zero-order valence-corrected chi connectivity index (χ0v) is 6.36. The fourth-order valence-electron chi connectivity index (χ4n) is 0.610. The van der Waals surface area contributed by atoms with Gasteiger partial charge in [0, 0.05) is 0 Å². The predicted molar refractivity (Wildman–Crippen MR) is 39.7 cm³/mol. The van der Waals surface area contributed by atoms with Crippen molar-refractivity contribution in [1.82, 2.24) is 0 Å². The third-order valence-corrected chi connectivity index (χ3v) is 1.21. The van der Waals surface area contributed by atoms with Crippen LogP contribution in [-0.4, -0.2) is 25.2 Å². The van der Waals surface area contributed by atoms with E-state index in [9.17, 15) is 9.59 Å². The van der Waals surface area contributed by atoms with Crippen molar-refractivity contribution < 1.29 is 9.59 Å². The van der Waals surface area contributed by atoms with Crippen LogP contribution in [-0.2, 0) is 9.59 Å². The number of aliphatic imine (C=N–C) groups is 2. The lowest BCUT2D eigenvalue weighted by Gasteiger charge is -1.98. The number of isocyanates is 2. The molecule has 5 nitrogen and oxygen atoms in total. The molecule has 0 radical (unpaired) electrons.